The summed E-state index contributed by atoms with van der Waals surface area (Å²) in [5.74, 6) is 0.0503. The number of allylic oxidation sites excluding steroid dienone is 1. The molecule has 1 amide bonds. The molecule has 2 aliphatic rings. The first kappa shape index (κ1) is 17.9. The second-order valence-electron chi connectivity index (χ2n) is 6.66. The van der Waals surface area contributed by atoms with Gasteiger partial charge in [-0.3, -0.25) is 9.59 Å². The molecule has 6 heteroatoms. The largest absolute Gasteiger partial charge is 0.339 e. The van der Waals surface area contributed by atoms with E-state index in [9.17, 15) is 18.0 Å². The van der Waals surface area contributed by atoms with Crippen LogP contribution in [0.4, 0.5) is 0 Å². The molecule has 0 saturated carbocycles. The fourth-order valence-corrected chi connectivity index (χ4v) is 5.51. The van der Waals surface area contributed by atoms with Gasteiger partial charge >= 0.3 is 0 Å². The number of rotatable bonds is 5. The van der Waals surface area contributed by atoms with Gasteiger partial charge in [0.25, 0.3) is 0 Å². The summed E-state index contributed by atoms with van der Waals surface area (Å²) in [6, 6.07) is 9.42. The van der Waals surface area contributed by atoms with Crippen molar-refractivity contribution in [3.8, 4) is 0 Å². The molecule has 1 heterocycles. The number of ketones is 1. The number of carbonyl (C=O) groups is 2. The molecule has 0 radical (unpaired) electrons. The smallest absolute Gasteiger partial charge is 0.227 e. The van der Waals surface area contributed by atoms with Crippen molar-refractivity contribution in [2.24, 2.45) is 0 Å². The van der Waals surface area contributed by atoms with Crippen LogP contribution in [0.3, 0.4) is 0 Å². The predicted molar refractivity (Wildman–Crippen MR) is 96.7 cm³/mol. The lowest BCUT2D eigenvalue weighted by atomic mass is 9.99. The Morgan fingerprint density at radius 2 is 1.92 bits per heavy atom. The minimum atomic E-state index is -3.05. The first-order valence-corrected chi connectivity index (χ1v) is 10.5. The van der Waals surface area contributed by atoms with Crippen LogP contribution in [0.5, 0.6) is 0 Å². The Hall–Kier alpha value is -1.95. The lowest BCUT2D eigenvalue weighted by molar-refractivity contribution is -0.132. The van der Waals surface area contributed by atoms with Crippen molar-refractivity contribution in [1.82, 2.24) is 4.90 Å². The normalized spacial score (nSPS) is 22.4. The van der Waals surface area contributed by atoms with Crippen molar-refractivity contribution >= 4 is 27.1 Å². The maximum absolute atomic E-state index is 12.8. The van der Waals surface area contributed by atoms with Crippen LogP contribution >= 0.6 is 0 Å². The third-order valence-electron chi connectivity index (χ3n) is 5.06. The van der Waals surface area contributed by atoms with E-state index in [2.05, 4.69) is 0 Å². The van der Waals surface area contributed by atoms with E-state index in [4.69, 9.17) is 0 Å². The van der Waals surface area contributed by atoms with Crippen LogP contribution in [0.1, 0.15) is 38.2 Å². The standard InChI is InChI=1S/C19H23NO4S/c1-2-20(15-10-11-25(23,24)13-15)19(22)12-17-16(8-9-18(17)21)14-6-4-3-5-7-14/h3-7,15H,2,8-13H2,1H3. The Kier molecular flexibility index (Phi) is 5.08. The van der Waals surface area contributed by atoms with Gasteiger partial charge in [-0.2, -0.15) is 0 Å². The van der Waals surface area contributed by atoms with E-state index in [0.717, 1.165) is 11.1 Å². The van der Waals surface area contributed by atoms with E-state index in [0.29, 0.717) is 31.4 Å². The third kappa shape index (κ3) is 3.84. The summed E-state index contributed by atoms with van der Waals surface area (Å²) < 4.78 is 23.4. The summed E-state index contributed by atoms with van der Waals surface area (Å²) in [7, 11) is -3.05. The topological polar surface area (TPSA) is 71.5 Å². The first-order valence-electron chi connectivity index (χ1n) is 8.72. The average Bonchev–Trinajstić information content (AvgIpc) is 3.12. The quantitative estimate of drug-likeness (QED) is 0.806. The number of hydrogen-bond acceptors (Lipinski definition) is 4. The number of amides is 1. The molecule has 1 saturated heterocycles. The summed E-state index contributed by atoms with van der Waals surface area (Å²) in [6.07, 6.45) is 1.65. The molecule has 1 aromatic rings. The highest BCUT2D eigenvalue weighted by molar-refractivity contribution is 7.91. The lowest BCUT2D eigenvalue weighted by Crippen LogP contribution is -2.41. The highest BCUT2D eigenvalue weighted by Crippen LogP contribution is 2.34. The maximum Gasteiger partial charge on any atom is 0.227 e. The van der Waals surface area contributed by atoms with Gasteiger partial charge in [0.15, 0.2) is 15.6 Å². The third-order valence-corrected chi connectivity index (χ3v) is 6.81. The van der Waals surface area contributed by atoms with Gasteiger partial charge < -0.3 is 4.90 Å². The van der Waals surface area contributed by atoms with E-state index >= 15 is 0 Å². The Morgan fingerprint density at radius 1 is 1.20 bits per heavy atom. The second-order valence-corrected chi connectivity index (χ2v) is 8.89. The SMILES string of the molecule is CCN(C(=O)CC1=C(c2ccccc2)CCC1=O)C1CCS(=O)(=O)C1. The molecule has 0 spiro atoms. The van der Waals surface area contributed by atoms with E-state index < -0.39 is 9.84 Å². The number of sulfone groups is 1. The fourth-order valence-electron chi connectivity index (χ4n) is 3.78. The molecule has 25 heavy (non-hydrogen) atoms. The molecule has 1 unspecified atom stereocenters. The predicted octanol–water partition coefficient (Wildman–Crippen LogP) is 2.23. The van der Waals surface area contributed by atoms with Gasteiger partial charge in [-0.25, -0.2) is 8.42 Å². The summed E-state index contributed by atoms with van der Waals surface area (Å²) in [6.45, 7) is 2.31. The summed E-state index contributed by atoms with van der Waals surface area (Å²) >= 11 is 0. The van der Waals surface area contributed by atoms with Crippen molar-refractivity contribution in [1.29, 1.82) is 0 Å². The van der Waals surface area contributed by atoms with Crippen LogP contribution in [0.2, 0.25) is 0 Å². The van der Waals surface area contributed by atoms with Gasteiger partial charge in [0.2, 0.25) is 5.91 Å². The van der Waals surface area contributed by atoms with E-state index in [1.165, 1.54) is 0 Å². The Balaban J connectivity index is 1.81. The summed E-state index contributed by atoms with van der Waals surface area (Å²) in [4.78, 5) is 26.7. The van der Waals surface area contributed by atoms with Crippen molar-refractivity contribution < 1.29 is 18.0 Å². The number of benzene rings is 1. The monoisotopic (exact) mass is 361 g/mol. The molecule has 0 bridgehead atoms. The van der Waals surface area contributed by atoms with Crippen LogP contribution in [-0.2, 0) is 19.4 Å². The molecule has 1 aromatic carbocycles. The molecule has 5 nitrogen and oxygen atoms in total. The van der Waals surface area contributed by atoms with E-state index in [1.807, 2.05) is 37.3 Å². The number of nitrogens with zero attached hydrogens (tertiary/aromatic N) is 1. The fraction of sp³-hybridized carbons (Fsp3) is 0.474. The molecule has 0 N–H and O–H groups in total. The van der Waals surface area contributed by atoms with Crippen molar-refractivity contribution in [2.45, 2.75) is 38.6 Å². The average molecular weight is 361 g/mol. The van der Waals surface area contributed by atoms with Crippen molar-refractivity contribution in [2.75, 3.05) is 18.1 Å². The first-order chi connectivity index (χ1) is 11.9. The van der Waals surface area contributed by atoms with Crippen LogP contribution in [0.25, 0.3) is 5.57 Å². The van der Waals surface area contributed by atoms with E-state index in [-0.39, 0.29) is 35.7 Å². The molecule has 134 valence electrons. The van der Waals surface area contributed by atoms with Gasteiger partial charge in [-0.15, -0.1) is 0 Å². The molecule has 1 aliphatic heterocycles. The molecule has 3 rings (SSSR count). The van der Waals surface area contributed by atoms with Gasteiger partial charge in [-0.05, 0) is 30.9 Å². The van der Waals surface area contributed by atoms with Gasteiger partial charge in [0, 0.05) is 24.6 Å². The second kappa shape index (κ2) is 7.12. The lowest BCUT2D eigenvalue weighted by Gasteiger charge is -2.27. The number of Topliss-reactive ketones (excluding diaryl/α,β-unsaturated/α-hetero) is 1. The maximum atomic E-state index is 12.8. The molecule has 1 aliphatic carbocycles. The van der Waals surface area contributed by atoms with Gasteiger partial charge in [0.1, 0.15) is 0 Å². The highest BCUT2D eigenvalue weighted by atomic mass is 32.2. The molecular weight excluding hydrogens is 338 g/mol. The molecule has 1 atom stereocenters. The number of hydrogen-bond donors (Lipinski definition) is 0. The Labute approximate surface area is 148 Å². The van der Waals surface area contributed by atoms with E-state index in [1.54, 1.807) is 4.90 Å². The van der Waals surface area contributed by atoms with Crippen LogP contribution in [0, 0.1) is 0 Å². The summed E-state index contributed by atoms with van der Waals surface area (Å²) in [5.41, 5.74) is 2.53. The highest BCUT2D eigenvalue weighted by Gasteiger charge is 2.35. The zero-order valence-corrected chi connectivity index (χ0v) is 15.2. The van der Waals surface area contributed by atoms with Crippen LogP contribution < -0.4 is 0 Å². The van der Waals surface area contributed by atoms with Crippen LogP contribution in [-0.4, -0.2) is 49.1 Å². The van der Waals surface area contributed by atoms with Crippen molar-refractivity contribution in [3.63, 3.8) is 0 Å². The summed E-state index contributed by atoms with van der Waals surface area (Å²) in [5, 5.41) is 0. The Morgan fingerprint density at radius 3 is 2.52 bits per heavy atom. The molecule has 0 aromatic heterocycles. The molecular formula is C19H23NO4S. The zero-order valence-electron chi connectivity index (χ0n) is 14.4. The number of carbonyl (C=O) groups excluding carboxylic acids is 2. The van der Waals surface area contributed by atoms with Gasteiger partial charge in [0.05, 0.1) is 17.9 Å². The van der Waals surface area contributed by atoms with Crippen molar-refractivity contribution in [3.05, 3.63) is 41.5 Å². The Bertz CT molecular complexity index is 811. The minimum Gasteiger partial charge on any atom is -0.339 e. The van der Waals surface area contributed by atoms with Crippen LogP contribution in [0.15, 0.2) is 35.9 Å². The van der Waals surface area contributed by atoms with Gasteiger partial charge in [-0.1, -0.05) is 30.3 Å². The zero-order chi connectivity index (χ0) is 18.0. The molecule has 1 fully saturated rings. The minimum absolute atomic E-state index is 0.0299.